The maximum Gasteiger partial charge on any atom is 0.426 e. The van der Waals surface area contributed by atoms with E-state index in [-0.39, 0.29) is 21.5 Å². The van der Waals surface area contributed by atoms with Crippen LogP contribution in [0.2, 0.25) is 0 Å². The third kappa shape index (κ3) is 5.49. The molecule has 0 unspecified atom stereocenters. The van der Waals surface area contributed by atoms with Crippen LogP contribution in [0, 0.1) is 0 Å². The summed E-state index contributed by atoms with van der Waals surface area (Å²) in [5.74, 6) is -1.62. The summed E-state index contributed by atoms with van der Waals surface area (Å²) in [4.78, 5) is 10.8. The fourth-order valence-corrected chi connectivity index (χ4v) is 4.89. The second-order valence-electron chi connectivity index (χ2n) is 7.72. The van der Waals surface area contributed by atoms with Gasteiger partial charge in [0.25, 0.3) is 25.8 Å². The van der Waals surface area contributed by atoms with Gasteiger partial charge in [0.1, 0.15) is 9.79 Å². The third-order valence-corrected chi connectivity index (χ3v) is 7.11. The predicted octanol–water partition coefficient (Wildman–Crippen LogP) is 3.89. The molecule has 9 nitrogen and oxygen atoms in total. The molecular formula is C20H14F6O9S2. The molecule has 202 valence electrons. The first-order chi connectivity index (χ1) is 16.7. The lowest BCUT2D eigenvalue weighted by Crippen LogP contribution is -2.57. The number of benzene rings is 3. The van der Waals surface area contributed by atoms with Gasteiger partial charge in [-0.05, 0) is 41.1 Å². The molecule has 0 saturated heterocycles. The SMILES string of the molecule is O=C(OCCC(O)(C(F)(F)F)C(F)(F)F)c1cc(S(=O)(=O)O)c2cc3cccc(S(=O)(=O)O)c3cc2c1. The second-order valence-corrected chi connectivity index (χ2v) is 10.5. The van der Waals surface area contributed by atoms with E-state index in [1.165, 1.54) is 12.1 Å². The topological polar surface area (TPSA) is 155 Å². The van der Waals surface area contributed by atoms with Crippen LogP contribution in [-0.2, 0) is 25.0 Å². The van der Waals surface area contributed by atoms with Gasteiger partial charge in [-0.1, -0.05) is 12.1 Å². The van der Waals surface area contributed by atoms with Gasteiger partial charge in [-0.15, -0.1) is 0 Å². The Labute approximate surface area is 203 Å². The molecule has 0 aliphatic heterocycles. The molecule has 0 aromatic heterocycles. The summed E-state index contributed by atoms with van der Waals surface area (Å²) in [6.07, 6.45) is -14.5. The molecular weight excluding hydrogens is 562 g/mol. The van der Waals surface area contributed by atoms with Gasteiger partial charge < -0.3 is 9.84 Å². The number of hydrogen-bond donors (Lipinski definition) is 3. The number of hydrogen-bond acceptors (Lipinski definition) is 7. The third-order valence-electron chi connectivity index (χ3n) is 5.30. The van der Waals surface area contributed by atoms with Crippen LogP contribution in [0.1, 0.15) is 16.8 Å². The van der Waals surface area contributed by atoms with Crippen LogP contribution in [0.25, 0.3) is 21.5 Å². The van der Waals surface area contributed by atoms with Gasteiger partial charge in [-0.2, -0.15) is 43.2 Å². The van der Waals surface area contributed by atoms with E-state index in [4.69, 9.17) is 5.11 Å². The standard InChI is InChI=1S/C20H14F6O9S2/c21-19(22,23)18(28,20(24,25)26)4-5-35-17(27)12-6-11-8-13-10(2-1-3-15(13)36(29,30)31)7-14(11)16(9-12)37(32,33)34/h1-3,6-9,28H,4-5H2,(H,29,30,31)(H,32,33,34). The van der Waals surface area contributed by atoms with Crippen molar-refractivity contribution in [2.45, 2.75) is 34.2 Å². The van der Waals surface area contributed by atoms with Crippen LogP contribution in [0.15, 0.2) is 52.3 Å². The molecule has 0 spiro atoms. The Hall–Kier alpha value is -2.99. The minimum Gasteiger partial charge on any atom is -0.462 e. The second kappa shape index (κ2) is 9.09. The Morgan fingerprint density at radius 2 is 1.30 bits per heavy atom. The molecule has 3 aromatic rings. The van der Waals surface area contributed by atoms with E-state index in [0.717, 1.165) is 24.3 Å². The van der Waals surface area contributed by atoms with Crippen LogP contribution in [0.3, 0.4) is 0 Å². The summed E-state index contributed by atoms with van der Waals surface area (Å²) >= 11 is 0. The Balaban J connectivity index is 2.09. The summed E-state index contributed by atoms with van der Waals surface area (Å²) in [5.41, 5.74) is -5.96. The Morgan fingerprint density at radius 1 is 0.784 bits per heavy atom. The zero-order chi connectivity index (χ0) is 28.2. The molecule has 37 heavy (non-hydrogen) atoms. The number of rotatable bonds is 6. The van der Waals surface area contributed by atoms with Crippen LogP contribution in [0.5, 0.6) is 0 Å². The quantitative estimate of drug-likeness (QED) is 0.172. The monoisotopic (exact) mass is 576 g/mol. The Bertz CT molecular complexity index is 1600. The minimum atomic E-state index is -6.16. The van der Waals surface area contributed by atoms with Crippen molar-refractivity contribution in [3.8, 4) is 0 Å². The van der Waals surface area contributed by atoms with Crippen molar-refractivity contribution in [2.24, 2.45) is 0 Å². The van der Waals surface area contributed by atoms with E-state index >= 15 is 0 Å². The molecule has 0 amide bonds. The lowest BCUT2D eigenvalue weighted by atomic mass is 9.99. The van der Waals surface area contributed by atoms with Gasteiger partial charge in [0.05, 0.1) is 12.2 Å². The Kier molecular flexibility index (Phi) is 7.02. The van der Waals surface area contributed by atoms with Crippen molar-refractivity contribution < 1.29 is 66.9 Å². The highest BCUT2D eigenvalue weighted by Crippen LogP contribution is 2.45. The first kappa shape index (κ1) is 28.6. The van der Waals surface area contributed by atoms with E-state index < -0.39 is 72.5 Å². The molecule has 0 aliphatic rings. The smallest absolute Gasteiger partial charge is 0.426 e. The van der Waals surface area contributed by atoms with E-state index in [9.17, 15) is 57.1 Å². The highest BCUT2D eigenvalue weighted by molar-refractivity contribution is 7.86. The molecule has 0 fully saturated rings. The summed E-state index contributed by atoms with van der Waals surface area (Å²) < 4.78 is 147. The first-order valence-corrected chi connectivity index (χ1v) is 12.5. The zero-order valence-corrected chi connectivity index (χ0v) is 19.5. The average molecular weight is 576 g/mol. The van der Waals surface area contributed by atoms with Gasteiger partial charge in [0.2, 0.25) is 0 Å². The van der Waals surface area contributed by atoms with Crippen molar-refractivity contribution in [3.63, 3.8) is 0 Å². The normalized spacial score (nSPS) is 13.8. The number of halogens is 6. The molecule has 0 atom stereocenters. The van der Waals surface area contributed by atoms with Gasteiger partial charge in [-0.25, -0.2) is 4.79 Å². The fourth-order valence-electron chi connectivity index (χ4n) is 3.45. The maximum atomic E-state index is 12.8. The van der Waals surface area contributed by atoms with Crippen LogP contribution >= 0.6 is 0 Å². The zero-order valence-electron chi connectivity index (χ0n) is 17.8. The molecule has 0 aliphatic carbocycles. The van der Waals surface area contributed by atoms with E-state index in [1.54, 1.807) is 0 Å². The molecule has 3 N–H and O–H groups in total. The summed E-state index contributed by atoms with van der Waals surface area (Å²) in [6.45, 7) is -1.60. The van der Waals surface area contributed by atoms with Gasteiger partial charge in [0, 0.05) is 17.2 Å². The molecule has 17 heteroatoms. The van der Waals surface area contributed by atoms with Crippen molar-refractivity contribution in [2.75, 3.05) is 6.61 Å². The molecule has 0 bridgehead atoms. The lowest BCUT2D eigenvalue weighted by molar-refractivity contribution is -0.371. The van der Waals surface area contributed by atoms with Crippen molar-refractivity contribution in [1.29, 1.82) is 0 Å². The lowest BCUT2D eigenvalue weighted by Gasteiger charge is -2.31. The molecule has 0 saturated carbocycles. The summed E-state index contributed by atoms with van der Waals surface area (Å²) in [6, 6.07) is 7.09. The number of alkyl halides is 6. The van der Waals surface area contributed by atoms with E-state index in [0.29, 0.717) is 6.07 Å². The number of carbonyl (C=O) groups is 1. The largest absolute Gasteiger partial charge is 0.462 e. The van der Waals surface area contributed by atoms with E-state index in [2.05, 4.69) is 4.74 Å². The first-order valence-electron chi connectivity index (χ1n) is 9.65. The number of esters is 1. The number of carbonyl (C=O) groups excluding carboxylic acids is 1. The molecule has 0 heterocycles. The highest BCUT2D eigenvalue weighted by atomic mass is 32.2. The van der Waals surface area contributed by atoms with Crippen molar-refractivity contribution >= 4 is 47.8 Å². The van der Waals surface area contributed by atoms with Crippen LogP contribution in [-0.4, -0.2) is 61.6 Å². The van der Waals surface area contributed by atoms with Crippen molar-refractivity contribution in [3.05, 3.63) is 48.0 Å². The highest BCUT2D eigenvalue weighted by Gasteiger charge is 2.70. The van der Waals surface area contributed by atoms with Gasteiger partial charge >= 0.3 is 18.3 Å². The Morgan fingerprint density at radius 3 is 1.81 bits per heavy atom. The van der Waals surface area contributed by atoms with Gasteiger partial charge in [-0.3, -0.25) is 9.11 Å². The number of fused-ring (bicyclic) bond motifs is 2. The average Bonchev–Trinajstić information content (AvgIpc) is 2.73. The molecule has 0 radical (unpaired) electrons. The number of aliphatic hydroxyl groups is 1. The minimum absolute atomic E-state index is 0.0847. The van der Waals surface area contributed by atoms with E-state index in [1.807, 2.05) is 0 Å². The molecule has 3 rings (SSSR count). The molecule has 3 aromatic carbocycles. The van der Waals surface area contributed by atoms with Crippen molar-refractivity contribution in [1.82, 2.24) is 0 Å². The van der Waals surface area contributed by atoms with Crippen LogP contribution in [0.4, 0.5) is 26.3 Å². The summed E-state index contributed by atoms with van der Waals surface area (Å²) in [5, 5.41) is 8.59. The fraction of sp³-hybridized carbons (Fsp3) is 0.250. The van der Waals surface area contributed by atoms with Crippen LogP contribution < -0.4 is 0 Å². The predicted molar refractivity (Wildman–Crippen MR) is 113 cm³/mol. The maximum absolute atomic E-state index is 12.8. The summed E-state index contributed by atoms with van der Waals surface area (Å²) in [7, 11) is -9.87. The number of ether oxygens (including phenoxy) is 1. The van der Waals surface area contributed by atoms with Gasteiger partial charge in [0.15, 0.2) is 0 Å².